The molecule has 1 N–H and O–H groups in total. The maximum atomic E-state index is 12.6. The van der Waals surface area contributed by atoms with Crippen LogP contribution in [-0.2, 0) is 5.72 Å². The highest BCUT2D eigenvalue weighted by molar-refractivity contribution is 6.37. The summed E-state index contributed by atoms with van der Waals surface area (Å²) in [7, 11) is 0. The number of carbonyl (C=O) groups is 1. The largest absolute Gasteiger partial charge is 0.365 e. The number of benzene rings is 2. The molecular weight excluding hydrogens is 252 g/mol. The molecule has 4 rings (SSSR count). The second kappa shape index (κ2) is 3.55. The molecule has 0 fully saturated rings. The third kappa shape index (κ3) is 1.29. The molecule has 2 aromatic rings. The van der Waals surface area contributed by atoms with Crippen LogP contribution < -0.4 is 4.90 Å². The first-order valence-electron chi connectivity index (χ1n) is 6.45. The van der Waals surface area contributed by atoms with Gasteiger partial charge in [-0.05, 0) is 19.1 Å². The summed E-state index contributed by atoms with van der Waals surface area (Å²) in [6.07, 6.45) is 0. The van der Waals surface area contributed by atoms with Crippen molar-refractivity contribution in [2.45, 2.75) is 12.6 Å². The molecule has 1 amide bonds. The SMILES string of the molecule is CC1(O)N=C2c3ccccc3C(=O)N2c2ccccc21. The van der Waals surface area contributed by atoms with Crippen LogP contribution in [0.5, 0.6) is 0 Å². The van der Waals surface area contributed by atoms with Gasteiger partial charge in [-0.15, -0.1) is 0 Å². The Kier molecular flexibility index (Phi) is 2.02. The summed E-state index contributed by atoms with van der Waals surface area (Å²) in [5.41, 5.74) is 1.42. The van der Waals surface area contributed by atoms with Crippen LogP contribution in [0.3, 0.4) is 0 Å². The molecule has 1 atom stereocenters. The highest BCUT2D eigenvalue weighted by Gasteiger charge is 2.43. The molecule has 2 aromatic carbocycles. The van der Waals surface area contributed by atoms with Gasteiger partial charge in [0, 0.05) is 11.1 Å². The molecule has 2 aliphatic rings. The van der Waals surface area contributed by atoms with E-state index in [0.29, 0.717) is 22.6 Å². The first-order valence-corrected chi connectivity index (χ1v) is 6.45. The van der Waals surface area contributed by atoms with Crippen molar-refractivity contribution in [1.29, 1.82) is 0 Å². The topological polar surface area (TPSA) is 52.9 Å². The summed E-state index contributed by atoms with van der Waals surface area (Å²) in [6.45, 7) is 1.64. The van der Waals surface area contributed by atoms with Gasteiger partial charge in [0.1, 0.15) is 5.84 Å². The molecule has 0 aliphatic carbocycles. The number of amides is 1. The van der Waals surface area contributed by atoms with Crippen molar-refractivity contribution < 1.29 is 9.90 Å². The lowest BCUT2D eigenvalue weighted by atomic mass is 10.00. The van der Waals surface area contributed by atoms with Crippen molar-refractivity contribution in [3.63, 3.8) is 0 Å². The quantitative estimate of drug-likeness (QED) is 0.793. The smallest absolute Gasteiger partial charge is 0.264 e. The summed E-state index contributed by atoms with van der Waals surface area (Å²) in [4.78, 5) is 18.5. The predicted molar refractivity (Wildman–Crippen MR) is 75.8 cm³/mol. The summed E-state index contributed by atoms with van der Waals surface area (Å²) in [5.74, 6) is 0.427. The Morgan fingerprint density at radius 1 is 1.05 bits per heavy atom. The van der Waals surface area contributed by atoms with Crippen LogP contribution in [0.2, 0.25) is 0 Å². The number of para-hydroxylation sites is 1. The van der Waals surface area contributed by atoms with Crippen LogP contribution in [-0.4, -0.2) is 16.8 Å². The lowest BCUT2D eigenvalue weighted by Gasteiger charge is -2.32. The lowest BCUT2D eigenvalue weighted by molar-refractivity contribution is 0.0663. The van der Waals surface area contributed by atoms with Crippen molar-refractivity contribution in [2.75, 3.05) is 4.90 Å². The van der Waals surface area contributed by atoms with Crippen molar-refractivity contribution in [1.82, 2.24) is 0 Å². The van der Waals surface area contributed by atoms with Gasteiger partial charge in [0.05, 0.1) is 11.3 Å². The zero-order chi connectivity index (χ0) is 13.9. The van der Waals surface area contributed by atoms with Crippen LogP contribution in [0.25, 0.3) is 0 Å². The Balaban J connectivity index is 2.05. The number of fused-ring (bicyclic) bond motifs is 5. The highest BCUT2D eigenvalue weighted by Crippen LogP contribution is 2.41. The van der Waals surface area contributed by atoms with Crippen molar-refractivity contribution in [2.24, 2.45) is 4.99 Å². The van der Waals surface area contributed by atoms with Crippen LogP contribution in [0.4, 0.5) is 5.69 Å². The van der Waals surface area contributed by atoms with E-state index in [9.17, 15) is 9.90 Å². The average molecular weight is 264 g/mol. The first-order chi connectivity index (χ1) is 9.59. The Bertz CT molecular complexity index is 778. The monoisotopic (exact) mass is 264 g/mol. The van der Waals surface area contributed by atoms with Gasteiger partial charge in [-0.2, -0.15) is 0 Å². The number of anilines is 1. The van der Waals surface area contributed by atoms with E-state index < -0.39 is 5.72 Å². The Morgan fingerprint density at radius 3 is 2.50 bits per heavy atom. The standard InChI is InChI=1S/C16H12N2O2/c1-16(20)12-8-4-5-9-13(12)18-14(17-16)10-6-2-3-7-11(10)15(18)19/h2-9,20H,1H3. The second-order valence-corrected chi connectivity index (χ2v) is 5.16. The van der Waals surface area contributed by atoms with Crippen molar-refractivity contribution in [3.8, 4) is 0 Å². The number of rotatable bonds is 0. The Morgan fingerprint density at radius 2 is 1.70 bits per heavy atom. The number of hydrogen-bond donors (Lipinski definition) is 1. The number of amidine groups is 1. The predicted octanol–water partition coefficient (Wildman–Crippen LogP) is 2.27. The van der Waals surface area contributed by atoms with Crippen molar-refractivity contribution >= 4 is 17.4 Å². The third-order valence-corrected chi connectivity index (χ3v) is 3.79. The maximum absolute atomic E-state index is 12.6. The number of hydrogen-bond acceptors (Lipinski definition) is 3. The molecule has 2 aliphatic heterocycles. The Labute approximate surface area is 116 Å². The maximum Gasteiger partial charge on any atom is 0.264 e. The van der Waals surface area contributed by atoms with Gasteiger partial charge >= 0.3 is 0 Å². The molecule has 0 radical (unpaired) electrons. The van der Waals surface area contributed by atoms with Gasteiger partial charge in [-0.3, -0.25) is 9.69 Å². The average Bonchev–Trinajstić information content (AvgIpc) is 2.72. The highest BCUT2D eigenvalue weighted by atomic mass is 16.3. The summed E-state index contributed by atoms with van der Waals surface area (Å²) >= 11 is 0. The molecule has 0 aromatic heterocycles. The molecule has 1 unspecified atom stereocenters. The Hall–Kier alpha value is -2.46. The number of aliphatic hydroxyl groups is 1. The fourth-order valence-corrected chi connectivity index (χ4v) is 2.87. The van der Waals surface area contributed by atoms with E-state index in [1.54, 1.807) is 24.0 Å². The second-order valence-electron chi connectivity index (χ2n) is 5.16. The van der Waals surface area contributed by atoms with Gasteiger partial charge in [0.2, 0.25) is 0 Å². The van der Waals surface area contributed by atoms with E-state index in [2.05, 4.69) is 4.99 Å². The van der Waals surface area contributed by atoms with Gasteiger partial charge in [0.15, 0.2) is 5.72 Å². The minimum absolute atomic E-state index is 0.0951. The molecule has 4 nitrogen and oxygen atoms in total. The molecule has 0 bridgehead atoms. The lowest BCUT2D eigenvalue weighted by Crippen LogP contribution is -2.39. The van der Waals surface area contributed by atoms with Crippen LogP contribution in [0.15, 0.2) is 53.5 Å². The van der Waals surface area contributed by atoms with E-state index in [1.165, 1.54) is 0 Å². The minimum atomic E-state index is -1.32. The molecule has 0 saturated carbocycles. The molecule has 4 heteroatoms. The van der Waals surface area contributed by atoms with Gasteiger partial charge in [-0.25, -0.2) is 4.99 Å². The zero-order valence-corrected chi connectivity index (χ0v) is 10.9. The van der Waals surface area contributed by atoms with Gasteiger partial charge in [-0.1, -0.05) is 36.4 Å². The number of nitrogens with zero attached hydrogens (tertiary/aromatic N) is 2. The number of aliphatic imine (C=N–C) groups is 1. The zero-order valence-electron chi connectivity index (χ0n) is 10.9. The van der Waals surface area contributed by atoms with E-state index in [-0.39, 0.29) is 5.91 Å². The van der Waals surface area contributed by atoms with E-state index in [1.807, 2.05) is 36.4 Å². The van der Waals surface area contributed by atoms with E-state index >= 15 is 0 Å². The van der Waals surface area contributed by atoms with E-state index in [0.717, 1.165) is 5.56 Å². The molecule has 20 heavy (non-hydrogen) atoms. The normalized spacial score (nSPS) is 23.0. The minimum Gasteiger partial charge on any atom is -0.365 e. The third-order valence-electron chi connectivity index (χ3n) is 3.79. The van der Waals surface area contributed by atoms with Crippen LogP contribution in [0.1, 0.15) is 28.4 Å². The fraction of sp³-hybridized carbons (Fsp3) is 0.125. The summed E-state index contributed by atoms with van der Waals surface area (Å²) in [5, 5.41) is 10.6. The summed E-state index contributed by atoms with van der Waals surface area (Å²) in [6, 6.07) is 14.7. The van der Waals surface area contributed by atoms with Gasteiger partial charge < -0.3 is 5.11 Å². The van der Waals surface area contributed by atoms with Crippen LogP contribution in [0, 0.1) is 0 Å². The van der Waals surface area contributed by atoms with Gasteiger partial charge in [0.25, 0.3) is 5.91 Å². The molecule has 98 valence electrons. The molecule has 0 spiro atoms. The molecule has 2 heterocycles. The molecule has 0 saturated heterocycles. The van der Waals surface area contributed by atoms with Crippen LogP contribution >= 0.6 is 0 Å². The van der Waals surface area contributed by atoms with E-state index in [4.69, 9.17) is 0 Å². The van der Waals surface area contributed by atoms with Crippen molar-refractivity contribution in [3.05, 3.63) is 65.2 Å². The summed E-state index contributed by atoms with van der Waals surface area (Å²) < 4.78 is 0. The number of carbonyl (C=O) groups excluding carboxylic acids is 1. The fourth-order valence-electron chi connectivity index (χ4n) is 2.87. The first kappa shape index (κ1) is 11.4. The molecular formula is C16H12N2O2.